The molecule has 5 heteroatoms. The lowest BCUT2D eigenvalue weighted by Crippen LogP contribution is -2.39. The summed E-state index contributed by atoms with van der Waals surface area (Å²) < 4.78 is 13.4. The van der Waals surface area contributed by atoms with Gasteiger partial charge < -0.3 is 16.4 Å². The smallest absolute Gasteiger partial charge is 0.225 e. The zero-order chi connectivity index (χ0) is 14.5. The summed E-state index contributed by atoms with van der Waals surface area (Å²) in [4.78, 5) is 11.6. The second kappa shape index (κ2) is 6.21. The molecule has 0 aliphatic heterocycles. The van der Waals surface area contributed by atoms with E-state index in [9.17, 15) is 9.18 Å². The maximum Gasteiger partial charge on any atom is 0.225 e. The van der Waals surface area contributed by atoms with E-state index in [1.807, 2.05) is 13.8 Å². The molecule has 0 aliphatic carbocycles. The average Bonchev–Trinajstić information content (AvgIpc) is 2.33. The van der Waals surface area contributed by atoms with Gasteiger partial charge >= 0.3 is 0 Å². The molecule has 1 aromatic carbocycles. The van der Waals surface area contributed by atoms with Gasteiger partial charge in [0, 0.05) is 18.7 Å². The molecule has 1 amide bonds. The predicted molar refractivity (Wildman–Crippen MR) is 75.0 cm³/mol. The highest BCUT2D eigenvalue weighted by Crippen LogP contribution is 2.17. The number of benzene rings is 1. The van der Waals surface area contributed by atoms with Gasteiger partial charge in [-0.25, -0.2) is 4.39 Å². The third-order valence-corrected chi connectivity index (χ3v) is 2.54. The molecule has 4 N–H and O–H groups in total. The number of carbonyl (C=O) groups excluding carboxylic acids is 1. The molecule has 0 aliphatic rings. The van der Waals surface area contributed by atoms with E-state index in [2.05, 4.69) is 16.6 Å². The van der Waals surface area contributed by atoms with E-state index in [1.165, 1.54) is 18.2 Å². The van der Waals surface area contributed by atoms with E-state index in [0.717, 1.165) is 0 Å². The lowest BCUT2D eigenvalue weighted by Gasteiger charge is -2.19. The van der Waals surface area contributed by atoms with Crippen LogP contribution in [0.4, 0.5) is 15.8 Å². The summed E-state index contributed by atoms with van der Waals surface area (Å²) in [5.41, 5.74) is 5.53. The minimum Gasteiger partial charge on any atom is -0.399 e. The fourth-order valence-corrected chi connectivity index (χ4v) is 1.39. The third-order valence-electron chi connectivity index (χ3n) is 2.54. The maximum absolute atomic E-state index is 13.4. The molecule has 0 saturated carbocycles. The zero-order valence-electron chi connectivity index (χ0n) is 11.1. The van der Waals surface area contributed by atoms with E-state index in [0.29, 0.717) is 12.2 Å². The number of hydrogen-bond acceptors (Lipinski definition) is 3. The molecule has 0 unspecified atom stereocenters. The standard InChI is InChI=1S/C14H18FN3O/c1-4-14(2,3)17-8-7-13(19)18-12-9-10(16)5-6-11(12)15/h1,5-6,9,17H,7-8,16H2,2-3H3,(H,18,19). The Hall–Kier alpha value is -2.06. The molecule has 4 nitrogen and oxygen atoms in total. The van der Waals surface area contributed by atoms with Crippen LogP contribution in [0.1, 0.15) is 20.3 Å². The van der Waals surface area contributed by atoms with Crippen molar-refractivity contribution >= 4 is 17.3 Å². The molecule has 0 fully saturated rings. The normalized spacial score (nSPS) is 10.8. The number of hydrogen-bond donors (Lipinski definition) is 3. The number of carbonyl (C=O) groups is 1. The monoisotopic (exact) mass is 263 g/mol. The molecule has 102 valence electrons. The first-order valence-electron chi connectivity index (χ1n) is 5.92. The van der Waals surface area contributed by atoms with Crippen molar-refractivity contribution in [1.82, 2.24) is 5.32 Å². The summed E-state index contributed by atoms with van der Waals surface area (Å²) in [6.45, 7) is 4.08. The third kappa shape index (κ3) is 4.98. The van der Waals surface area contributed by atoms with Crippen molar-refractivity contribution in [3.63, 3.8) is 0 Å². The van der Waals surface area contributed by atoms with E-state index in [-0.39, 0.29) is 18.0 Å². The van der Waals surface area contributed by atoms with E-state index < -0.39 is 11.4 Å². The Morgan fingerprint density at radius 2 is 2.21 bits per heavy atom. The minimum absolute atomic E-state index is 0.0845. The van der Waals surface area contributed by atoms with Gasteiger partial charge in [0.05, 0.1) is 11.2 Å². The highest BCUT2D eigenvalue weighted by Gasteiger charge is 2.13. The van der Waals surface area contributed by atoms with Crippen molar-refractivity contribution < 1.29 is 9.18 Å². The van der Waals surface area contributed by atoms with Gasteiger partial charge in [0.2, 0.25) is 5.91 Å². The first kappa shape index (κ1) is 15.0. The van der Waals surface area contributed by atoms with Crippen LogP contribution in [0.15, 0.2) is 18.2 Å². The Morgan fingerprint density at radius 1 is 1.53 bits per heavy atom. The number of rotatable bonds is 5. The molecule has 19 heavy (non-hydrogen) atoms. The quantitative estimate of drug-likeness (QED) is 0.560. The number of nitrogens with one attached hydrogen (secondary N) is 2. The highest BCUT2D eigenvalue weighted by atomic mass is 19.1. The molecule has 0 atom stereocenters. The van der Waals surface area contributed by atoms with Crippen molar-refractivity contribution in [2.75, 3.05) is 17.6 Å². The van der Waals surface area contributed by atoms with Crippen molar-refractivity contribution in [2.45, 2.75) is 25.8 Å². The molecule has 0 bridgehead atoms. The Morgan fingerprint density at radius 3 is 2.84 bits per heavy atom. The minimum atomic E-state index is -0.514. The van der Waals surface area contributed by atoms with Crippen LogP contribution in [0.25, 0.3) is 0 Å². The molecule has 1 aromatic rings. The summed E-state index contributed by atoms with van der Waals surface area (Å²) in [5, 5.41) is 5.51. The number of halogens is 1. The summed E-state index contributed by atoms with van der Waals surface area (Å²) in [6.07, 6.45) is 5.50. The molecule has 1 rings (SSSR count). The predicted octanol–water partition coefficient (Wildman–Crippen LogP) is 1.74. The largest absolute Gasteiger partial charge is 0.399 e. The van der Waals surface area contributed by atoms with E-state index >= 15 is 0 Å². The molecule has 0 spiro atoms. The fourth-order valence-electron chi connectivity index (χ4n) is 1.39. The van der Waals surface area contributed by atoms with Gasteiger partial charge in [-0.3, -0.25) is 4.79 Å². The zero-order valence-corrected chi connectivity index (χ0v) is 11.1. The van der Waals surface area contributed by atoms with Gasteiger partial charge in [0.1, 0.15) is 5.82 Å². The van der Waals surface area contributed by atoms with E-state index in [4.69, 9.17) is 12.2 Å². The Bertz CT molecular complexity index is 506. The van der Waals surface area contributed by atoms with Crippen LogP contribution < -0.4 is 16.4 Å². The summed E-state index contributed by atoms with van der Waals surface area (Å²) >= 11 is 0. The first-order chi connectivity index (χ1) is 8.84. The van der Waals surface area contributed by atoms with Crippen LogP contribution in [0, 0.1) is 18.2 Å². The number of nitrogens with two attached hydrogens (primary N) is 1. The van der Waals surface area contributed by atoms with Crippen molar-refractivity contribution in [3.8, 4) is 12.3 Å². The van der Waals surface area contributed by atoms with Crippen molar-refractivity contribution in [1.29, 1.82) is 0 Å². The van der Waals surface area contributed by atoms with Gasteiger partial charge in [-0.2, -0.15) is 0 Å². The van der Waals surface area contributed by atoms with Crippen LogP contribution >= 0.6 is 0 Å². The molecule has 0 saturated heterocycles. The van der Waals surface area contributed by atoms with Crippen molar-refractivity contribution in [2.24, 2.45) is 0 Å². The molecule has 0 radical (unpaired) electrons. The van der Waals surface area contributed by atoms with Crippen LogP contribution in [-0.4, -0.2) is 18.0 Å². The molecule has 0 heterocycles. The second-order valence-electron chi connectivity index (χ2n) is 4.73. The van der Waals surface area contributed by atoms with Crippen LogP contribution in [0.5, 0.6) is 0 Å². The van der Waals surface area contributed by atoms with Crippen LogP contribution in [0.3, 0.4) is 0 Å². The Labute approximate surface area is 112 Å². The van der Waals surface area contributed by atoms with E-state index in [1.54, 1.807) is 0 Å². The molecular weight excluding hydrogens is 245 g/mol. The average molecular weight is 263 g/mol. The SMILES string of the molecule is C#CC(C)(C)NCCC(=O)Nc1cc(N)ccc1F. The van der Waals surface area contributed by atoms with Crippen LogP contribution in [-0.2, 0) is 4.79 Å². The first-order valence-corrected chi connectivity index (χ1v) is 5.92. The number of nitrogen functional groups attached to an aromatic ring is 1. The Kier molecular flexibility index (Phi) is 4.90. The lowest BCUT2D eigenvalue weighted by atomic mass is 10.1. The fraction of sp³-hybridized carbons (Fsp3) is 0.357. The van der Waals surface area contributed by atoms with Gasteiger partial charge in [0.15, 0.2) is 0 Å². The summed E-state index contributed by atoms with van der Waals surface area (Å²) in [7, 11) is 0. The van der Waals surface area contributed by atoms with Crippen LogP contribution in [0.2, 0.25) is 0 Å². The summed E-state index contributed by atoms with van der Waals surface area (Å²) in [6, 6.07) is 4.03. The summed E-state index contributed by atoms with van der Waals surface area (Å²) in [5.74, 6) is 1.75. The topological polar surface area (TPSA) is 67.2 Å². The number of amides is 1. The number of terminal acetylenes is 1. The van der Waals surface area contributed by atoms with Crippen molar-refractivity contribution in [3.05, 3.63) is 24.0 Å². The maximum atomic E-state index is 13.4. The molecule has 0 aromatic heterocycles. The Balaban J connectivity index is 2.48. The highest BCUT2D eigenvalue weighted by molar-refractivity contribution is 5.91. The number of anilines is 2. The van der Waals surface area contributed by atoms with Gasteiger partial charge in [-0.05, 0) is 32.0 Å². The molecular formula is C14H18FN3O. The lowest BCUT2D eigenvalue weighted by molar-refractivity contribution is -0.116. The second-order valence-corrected chi connectivity index (χ2v) is 4.73. The van der Waals surface area contributed by atoms with Gasteiger partial charge in [-0.1, -0.05) is 5.92 Å². The van der Waals surface area contributed by atoms with Gasteiger partial charge in [0.25, 0.3) is 0 Å². The van der Waals surface area contributed by atoms with Gasteiger partial charge in [-0.15, -0.1) is 6.42 Å².